The maximum Gasteiger partial charge on any atom is 0.249 e. The van der Waals surface area contributed by atoms with Crippen molar-refractivity contribution < 1.29 is 4.79 Å². The first-order chi connectivity index (χ1) is 10.1. The van der Waals surface area contributed by atoms with Crippen LogP contribution in [0.2, 0.25) is 5.02 Å². The highest BCUT2D eigenvalue weighted by atomic mass is 35.5. The van der Waals surface area contributed by atoms with Crippen molar-refractivity contribution in [3.05, 3.63) is 64.9 Å². The van der Waals surface area contributed by atoms with Crippen molar-refractivity contribution in [2.75, 3.05) is 0 Å². The van der Waals surface area contributed by atoms with Crippen molar-refractivity contribution in [1.82, 2.24) is 9.97 Å². The van der Waals surface area contributed by atoms with Gasteiger partial charge < -0.3 is 10.7 Å². The number of amides is 1. The van der Waals surface area contributed by atoms with Crippen molar-refractivity contribution >= 4 is 40.2 Å². The number of hydrogen-bond donors (Lipinski definition) is 2. The van der Waals surface area contributed by atoms with Crippen LogP contribution in [0.5, 0.6) is 0 Å². The Bertz CT molecular complexity index is 851. The van der Waals surface area contributed by atoms with Gasteiger partial charge in [-0.1, -0.05) is 23.7 Å². The maximum absolute atomic E-state index is 11.8. The fourth-order valence-corrected chi connectivity index (χ4v) is 2.40. The first-order valence-electron chi connectivity index (χ1n) is 6.34. The number of rotatable bonds is 3. The molecule has 3 rings (SSSR count). The molecule has 2 aromatic heterocycles. The Hall–Kier alpha value is -2.59. The molecule has 0 saturated heterocycles. The van der Waals surface area contributed by atoms with Crippen LogP contribution in [0, 0.1) is 0 Å². The Morgan fingerprint density at radius 1 is 1.29 bits per heavy atom. The minimum Gasteiger partial charge on any atom is -0.366 e. The highest BCUT2D eigenvalue weighted by Crippen LogP contribution is 2.24. The number of aromatic amines is 1. The molecule has 2 heterocycles. The number of nitrogens with one attached hydrogen (secondary N) is 1. The van der Waals surface area contributed by atoms with Gasteiger partial charge in [-0.15, -0.1) is 0 Å². The zero-order valence-electron chi connectivity index (χ0n) is 11.0. The van der Waals surface area contributed by atoms with Gasteiger partial charge in [0.1, 0.15) is 5.65 Å². The van der Waals surface area contributed by atoms with E-state index >= 15 is 0 Å². The van der Waals surface area contributed by atoms with Crippen molar-refractivity contribution in [2.24, 2.45) is 5.73 Å². The Labute approximate surface area is 126 Å². The van der Waals surface area contributed by atoms with Gasteiger partial charge in [-0.2, -0.15) is 0 Å². The highest BCUT2D eigenvalue weighted by Gasteiger charge is 2.11. The molecule has 0 aliphatic rings. The lowest BCUT2D eigenvalue weighted by Crippen LogP contribution is -2.12. The summed E-state index contributed by atoms with van der Waals surface area (Å²) < 4.78 is 0. The first kappa shape index (κ1) is 13.4. The smallest absolute Gasteiger partial charge is 0.249 e. The molecule has 1 amide bonds. The van der Waals surface area contributed by atoms with Gasteiger partial charge in [0.05, 0.1) is 0 Å². The van der Waals surface area contributed by atoms with E-state index in [4.69, 9.17) is 17.3 Å². The Balaban J connectivity index is 2.15. The van der Waals surface area contributed by atoms with Crippen LogP contribution in [0.3, 0.4) is 0 Å². The van der Waals surface area contributed by atoms with E-state index in [1.807, 2.05) is 12.1 Å². The Morgan fingerprint density at radius 2 is 2.14 bits per heavy atom. The minimum atomic E-state index is -0.504. The molecule has 0 fully saturated rings. The van der Waals surface area contributed by atoms with E-state index in [0.29, 0.717) is 16.2 Å². The molecule has 0 spiro atoms. The normalized spacial score (nSPS) is 11.8. The van der Waals surface area contributed by atoms with E-state index in [2.05, 4.69) is 9.97 Å². The Kier molecular flexibility index (Phi) is 3.46. The van der Waals surface area contributed by atoms with E-state index < -0.39 is 5.91 Å². The van der Waals surface area contributed by atoms with E-state index in [9.17, 15) is 4.79 Å². The second-order valence-corrected chi connectivity index (χ2v) is 5.01. The van der Waals surface area contributed by atoms with Crippen LogP contribution in [0.1, 0.15) is 11.1 Å². The van der Waals surface area contributed by atoms with Crippen LogP contribution in [0.25, 0.3) is 22.7 Å². The predicted octanol–water partition coefficient (Wildman–Crippen LogP) is 3.24. The molecular weight excluding hydrogens is 286 g/mol. The Morgan fingerprint density at radius 3 is 2.90 bits per heavy atom. The number of primary amides is 1. The molecule has 1 aromatic carbocycles. The summed E-state index contributed by atoms with van der Waals surface area (Å²) in [6, 6.07) is 10.8. The molecular formula is C16H12ClN3O. The number of nitrogens with two attached hydrogens (primary N) is 1. The fraction of sp³-hybridized carbons (Fsp3) is 0. The van der Waals surface area contributed by atoms with E-state index in [0.717, 1.165) is 16.6 Å². The van der Waals surface area contributed by atoms with Crippen molar-refractivity contribution in [3.8, 4) is 0 Å². The average molecular weight is 298 g/mol. The standard InChI is InChI=1S/C16H12ClN3O/c17-12-4-1-3-10(7-12)14(15(18)21)8-11-9-20-16-13(11)5-2-6-19-16/h1-9H,(H2,18,21)(H,19,20)/b14-8-. The highest BCUT2D eigenvalue weighted by molar-refractivity contribution is 6.31. The molecule has 0 aliphatic heterocycles. The van der Waals surface area contributed by atoms with E-state index in [-0.39, 0.29) is 0 Å². The molecule has 0 unspecified atom stereocenters. The second-order valence-electron chi connectivity index (χ2n) is 4.58. The molecule has 21 heavy (non-hydrogen) atoms. The lowest BCUT2D eigenvalue weighted by atomic mass is 10.0. The van der Waals surface area contributed by atoms with Crippen LogP contribution in [0.15, 0.2) is 48.8 Å². The number of fused-ring (bicyclic) bond motifs is 1. The summed E-state index contributed by atoms with van der Waals surface area (Å²) in [5.41, 5.74) is 8.21. The predicted molar refractivity (Wildman–Crippen MR) is 84.6 cm³/mol. The largest absolute Gasteiger partial charge is 0.366 e. The summed E-state index contributed by atoms with van der Waals surface area (Å²) in [5, 5.41) is 1.48. The van der Waals surface area contributed by atoms with Crippen LogP contribution >= 0.6 is 11.6 Å². The van der Waals surface area contributed by atoms with Crippen molar-refractivity contribution in [1.29, 1.82) is 0 Å². The molecule has 0 radical (unpaired) electrons. The van der Waals surface area contributed by atoms with Crippen molar-refractivity contribution in [3.63, 3.8) is 0 Å². The average Bonchev–Trinajstić information content (AvgIpc) is 2.87. The molecule has 5 heteroatoms. The summed E-state index contributed by atoms with van der Waals surface area (Å²) in [6.45, 7) is 0. The molecule has 0 atom stereocenters. The molecule has 4 nitrogen and oxygen atoms in total. The molecule has 3 aromatic rings. The van der Waals surface area contributed by atoms with Gasteiger partial charge in [0.15, 0.2) is 0 Å². The van der Waals surface area contributed by atoms with Crippen LogP contribution in [0.4, 0.5) is 0 Å². The van der Waals surface area contributed by atoms with Crippen molar-refractivity contribution in [2.45, 2.75) is 0 Å². The topological polar surface area (TPSA) is 71.8 Å². The summed E-state index contributed by atoms with van der Waals surface area (Å²) >= 11 is 5.98. The van der Waals surface area contributed by atoms with Gasteiger partial charge in [-0.3, -0.25) is 4.79 Å². The van der Waals surface area contributed by atoms with Gasteiger partial charge >= 0.3 is 0 Å². The zero-order valence-corrected chi connectivity index (χ0v) is 11.8. The summed E-state index contributed by atoms with van der Waals surface area (Å²) in [7, 11) is 0. The SMILES string of the molecule is NC(=O)/C(=C\c1c[nH]c2ncccc12)c1cccc(Cl)c1. The number of carbonyl (C=O) groups is 1. The van der Waals surface area contributed by atoms with E-state index in [1.165, 1.54) is 0 Å². The number of hydrogen-bond acceptors (Lipinski definition) is 2. The van der Waals surface area contributed by atoms with Gasteiger partial charge in [-0.25, -0.2) is 4.98 Å². The quantitative estimate of drug-likeness (QED) is 0.728. The third kappa shape index (κ3) is 2.66. The third-order valence-corrected chi connectivity index (χ3v) is 3.42. The molecule has 104 valence electrons. The number of aromatic nitrogens is 2. The lowest BCUT2D eigenvalue weighted by Gasteiger charge is -2.04. The minimum absolute atomic E-state index is 0.405. The molecule has 0 aliphatic carbocycles. The number of H-pyrrole nitrogens is 1. The summed E-state index contributed by atoms with van der Waals surface area (Å²) in [4.78, 5) is 19.0. The monoisotopic (exact) mass is 297 g/mol. The summed E-state index contributed by atoms with van der Waals surface area (Å²) in [5.74, 6) is -0.504. The number of carbonyl (C=O) groups excluding carboxylic acids is 1. The molecule has 3 N–H and O–H groups in total. The van der Waals surface area contributed by atoms with Crippen LogP contribution in [-0.2, 0) is 4.79 Å². The van der Waals surface area contributed by atoms with Crippen LogP contribution < -0.4 is 5.73 Å². The lowest BCUT2D eigenvalue weighted by molar-refractivity contribution is -0.112. The van der Waals surface area contributed by atoms with Gasteiger partial charge in [0.25, 0.3) is 0 Å². The number of halogens is 1. The van der Waals surface area contributed by atoms with Gasteiger partial charge in [0, 0.05) is 33.9 Å². The number of nitrogens with zero attached hydrogens (tertiary/aromatic N) is 1. The maximum atomic E-state index is 11.8. The fourth-order valence-electron chi connectivity index (χ4n) is 2.20. The van der Waals surface area contributed by atoms with Gasteiger partial charge in [-0.05, 0) is 35.9 Å². The van der Waals surface area contributed by atoms with Gasteiger partial charge in [0.2, 0.25) is 5.91 Å². The van der Waals surface area contributed by atoms with Crippen LogP contribution in [-0.4, -0.2) is 15.9 Å². The number of benzene rings is 1. The third-order valence-electron chi connectivity index (χ3n) is 3.18. The number of pyridine rings is 1. The first-order valence-corrected chi connectivity index (χ1v) is 6.72. The summed E-state index contributed by atoms with van der Waals surface area (Å²) in [6.07, 6.45) is 5.25. The molecule has 0 saturated carbocycles. The zero-order chi connectivity index (χ0) is 14.8. The second kappa shape index (κ2) is 5.42. The van der Waals surface area contributed by atoms with E-state index in [1.54, 1.807) is 42.7 Å². The molecule has 0 bridgehead atoms.